The number of carbonyl (C=O) groups excluding carboxylic acids is 1. The lowest BCUT2D eigenvalue weighted by atomic mass is 10.0. The summed E-state index contributed by atoms with van der Waals surface area (Å²) < 4.78 is 0. The normalized spacial score (nSPS) is 9.82. The molecule has 1 amide bonds. The molecule has 0 atom stereocenters. The molecule has 0 unspecified atom stereocenters. The molecule has 0 saturated carbocycles. The zero-order chi connectivity index (χ0) is 16.1. The van der Waals surface area contributed by atoms with Crippen molar-refractivity contribution in [3.63, 3.8) is 0 Å². The van der Waals surface area contributed by atoms with Gasteiger partial charge in [-0.2, -0.15) is 5.26 Å². The molecule has 0 aromatic heterocycles. The van der Waals surface area contributed by atoms with Gasteiger partial charge in [0.1, 0.15) is 0 Å². The molecule has 0 heterocycles. The minimum atomic E-state index is -1.18. The van der Waals surface area contributed by atoms with E-state index in [-0.39, 0.29) is 17.0 Å². The fourth-order valence-electron chi connectivity index (χ4n) is 1.95. The van der Waals surface area contributed by atoms with E-state index < -0.39 is 11.9 Å². The number of benzene rings is 2. The first kappa shape index (κ1) is 15.5. The Bertz CT molecular complexity index is 781. The lowest BCUT2D eigenvalue weighted by Gasteiger charge is -2.09. The standard InChI is InChI=1S/C16H11ClN2O3/c17-14-6-5-11(9-13(14)16(21)22)19-15(20)12-4-2-1-3-10(12)7-8-18/h1-6,9H,7H2,(H,19,20)(H,21,22). The van der Waals surface area contributed by atoms with Crippen molar-refractivity contribution in [2.24, 2.45) is 0 Å². The number of aromatic carboxylic acids is 1. The van der Waals surface area contributed by atoms with Gasteiger partial charge in [0.15, 0.2) is 0 Å². The van der Waals surface area contributed by atoms with Crippen LogP contribution >= 0.6 is 11.6 Å². The quantitative estimate of drug-likeness (QED) is 0.905. The predicted molar refractivity (Wildman–Crippen MR) is 82.1 cm³/mol. The van der Waals surface area contributed by atoms with Crippen molar-refractivity contribution < 1.29 is 14.7 Å². The topological polar surface area (TPSA) is 90.2 Å². The average molecular weight is 315 g/mol. The van der Waals surface area contributed by atoms with E-state index in [9.17, 15) is 9.59 Å². The maximum atomic E-state index is 12.3. The van der Waals surface area contributed by atoms with Crippen molar-refractivity contribution in [1.29, 1.82) is 5.26 Å². The summed E-state index contributed by atoms with van der Waals surface area (Å²) in [5.74, 6) is -1.59. The Balaban J connectivity index is 2.28. The van der Waals surface area contributed by atoms with E-state index in [1.807, 2.05) is 6.07 Å². The number of carboxylic acids is 1. The van der Waals surface area contributed by atoms with Crippen molar-refractivity contribution in [3.05, 3.63) is 64.2 Å². The summed E-state index contributed by atoms with van der Waals surface area (Å²) >= 11 is 5.78. The molecule has 2 aromatic rings. The third kappa shape index (κ3) is 3.43. The van der Waals surface area contributed by atoms with E-state index in [0.717, 1.165) is 0 Å². The Morgan fingerprint density at radius 1 is 1.18 bits per heavy atom. The number of amides is 1. The molecule has 0 aliphatic carbocycles. The monoisotopic (exact) mass is 314 g/mol. The largest absolute Gasteiger partial charge is 0.478 e. The van der Waals surface area contributed by atoms with Gasteiger partial charge in [0.05, 0.1) is 23.1 Å². The molecule has 0 spiro atoms. The number of anilines is 1. The molecule has 5 nitrogen and oxygen atoms in total. The molecule has 110 valence electrons. The maximum absolute atomic E-state index is 12.3. The third-order valence-electron chi connectivity index (χ3n) is 2.99. The second-order valence-corrected chi connectivity index (χ2v) is 4.85. The number of hydrogen-bond acceptors (Lipinski definition) is 3. The van der Waals surface area contributed by atoms with Crippen LogP contribution in [0, 0.1) is 11.3 Å². The molecule has 0 aliphatic heterocycles. The van der Waals surface area contributed by atoms with Crippen LogP contribution in [0.1, 0.15) is 26.3 Å². The van der Waals surface area contributed by atoms with E-state index >= 15 is 0 Å². The first-order chi connectivity index (χ1) is 10.5. The first-order valence-electron chi connectivity index (χ1n) is 6.32. The molecule has 0 fully saturated rings. The number of nitrogens with zero attached hydrogens (tertiary/aromatic N) is 1. The second-order valence-electron chi connectivity index (χ2n) is 4.45. The maximum Gasteiger partial charge on any atom is 0.337 e. The van der Waals surface area contributed by atoms with Gasteiger partial charge in [0.25, 0.3) is 5.91 Å². The fourth-order valence-corrected chi connectivity index (χ4v) is 2.14. The van der Waals surface area contributed by atoms with Crippen LogP contribution < -0.4 is 5.32 Å². The Morgan fingerprint density at radius 2 is 1.91 bits per heavy atom. The van der Waals surface area contributed by atoms with E-state index in [0.29, 0.717) is 16.8 Å². The SMILES string of the molecule is N#CCc1ccccc1C(=O)Nc1ccc(Cl)c(C(=O)O)c1. The van der Waals surface area contributed by atoms with Crippen LogP contribution in [0.5, 0.6) is 0 Å². The van der Waals surface area contributed by atoms with Gasteiger partial charge in [-0.25, -0.2) is 4.79 Å². The number of carboxylic acid groups (broad SMARTS) is 1. The molecule has 0 bridgehead atoms. The highest BCUT2D eigenvalue weighted by atomic mass is 35.5. The molecule has 22 heavy (non-hydrogen) atoms. The van der Waals surface area contributed by atoms with Gasteiger partial charge >= 0.3 is 5.97 Å². The zero-order valence-electron chi connectivity index (χ0n) is 11.3. The molecular weight excluding hydrogens is 304 g/mol. The van der Waals surface area contributed by atoms with Gasteiger partial charge < -0.3 is 10.4 Å². The van der Waals surface area contributed by atoms with Gasteiger partial charge in [-0.3, -0.25) is 4.79 Å². The minimum Gasteiger partial charge on any atom is -0.478 e. The van der Waals surface area contributed by atoms with Crippen molar-refractivity contribution in [2.75, 3.05) is 5.32 Å². The summed E-state index contributed by atoms with van der Waals surface area (Å²) in [5.41, 5.74) is 1.20. The van der Waals surface area contributed by atoms with Crippen molar-refractivity contribution in [1.82, 2.24) is 0 Å². The summed E-state index contributed by atoms with van der Waals surface area (Å²) in [7, 11) is 0. The van der Waals surface area contributed by atoms with E-state index in [2.05, 4.69) is 5.32 Å². The number of hydrogen-bond donors (Lipinski definition) is 2. The van der Waals surface area contributed by atoms with E-state index in [1.54, 1.807) is 24.3 Å². The lowest BCUT2D eigenvalue weighted by molar-refractivity contribution is 0.0696. The molecule has 0 aliphatic rings. The molecule has 6 heteroatoms. The Morgan fingerprint density at radius 3 is 2.59 bits per heavy atom. The van der Waals surface area contributed by atoms with Gasteiger partial charge in [0, 0.05) is 11.3 Å². The summed E-state index contributed by atoms with van der Waals surface area (Å²) in [6.07, 6.45) is 0.116. The van der Waals surface area contributed by atoms with Crippen molar-refractivity contribution >= 4 is 29.2 Å². The van der Waals surface area contributed by atoms with Crippen LogP contribution in [0.4, 0.5) is 5.69 Å². The fraction of sp³-hybridized carbons (Fsp3) is 0.0625. The number of nitrogens with one attached hydrogen (secondary N) is 1. The summed E-state index contributed by atoms with van der Waals surface area (Å²) in [6, 6.07) is 12.9. The van der Waals surface area contributed by atoms with E-state index in [4.69, 9.17) is 22.0 Å². The lowest BCUT2D eigenvalue weighted by Crippen LogP contribution is -2.14. The molecule has 2 rings (SSSR count). The van der Waals surface area contributed by atoms with Crippen LogP contribution in [0.2, 0.25) is 5.02 Å². The highest BCUT2D eigenvalue weighted by Gasteiger charge is 2.13. The van der Waals surface area contributed by atoms with Crippen molar-refractivity contribution in [2.45, 2.75) is 6.42 Å². The number of carbonyl (C=O) groups is 2. The van der Waals surface area contributed by atoms with E-state index in [1.165, 1.54) is 18.2 Å². The Labute approximate surface area is 131 Å². The van der Waals surface area contributed by atoms with Gasteiger partial charge in [-0.05, 0) is 29.8 Å². The van der Waals surface area contributed by atoms with Crippen LogP contribution in [-0.4, -0.2) is 17.0 Å². The summed E-state index contributed by atoms with van der Waals surface area (Å²) in [5, 5.41) is 20.5. The van der Waals surface area contributed by atoms with Crippen LogP contribution in [0.15, 0.2) is 42.5 Å². The molecule has 2 aromatic carbocycles. The predicted octanol–water partition coefficient (Wildman–Crippen LogP) is 3.36. The summed E-state index contributed by atoms with van der Waals surface area (Å²) in [6.45, 7) is 0. The molecule has 2 N–H and O–H groups in total. The first-order valence-corrected chi connectivity index (χ1v) is 6.69. The van der Waals surface area contributed by atoms with Gasteiger partial charge in [-0.1, -0.05) is 29.8 Å². The van der Waals surface area contributed by atoms with Gasteiger partial charge in [0.2, 0.25) is 0 Å². The smallest absolute Gasteiger partial charge is 0.337 e. The average Bonchev–Trinajstić information content (AvgIpc) is 2.49. The number of nitriles is 1. The number of halogens is 1. The van der Waals surface area contributed by atoms with Crippen LogP contribution in [0.3, 0.4) is 0 Å². The highest BCUT2D eigenvalue weighted by molar-refractivity contribution is 6.33. The highest BCUT2D eigenvalue weighted by Crippen LogP contribution is 2.21. The van der Waals surface area contributed by atoms with Crippen LogP contribution in [0.25, 0.3) is 0 Å². The van der Waals surface area contributed by atoms with Crippen LogP contribution in [-0.2, 0) is 6.42 Å². The minimum absolute atomic E-state index is 0.0928. The second kappa shape index (κ2) is 6.74. The molecule has 0 radical (unpaired) electrons. The Hall–Kier alpha value is -2.84. The zero-order valence-corrected chi connectivity index (χ0v) is 12.1. The summed E-state index contributed by atoms with van der Waals surface area (Å²) in [4.78, 5) is 23.3. The Kier molecular flexibility index (Phi) is 4.77. The molecular formula is C16H11ClN2O3. The van der Waals surface area contributed by atoms with Crippen molar-refractivity contribution in [3.8, 4) is 6.07 Å². The third-order valence-corrected chi connectivity index (χ3v) is 3.32. The molecule has 0 saturated heterocycles. The van der Waals surface area contributed by atoms with Gasteiger partial charge in [-0.15, -0.1) is 0 Å². The number of rotatable bonds is 4.